The average Bonchev–Trinajstić information content (AvgIpc) is 3.19. The molecule has 8 nitrogen and oxygen atoms in total. The van der Waals surface area contributed by atoms with Gasteiger partial charge in [-0.3, -0.25) is 14.4 Å². The normalized spacial score (nSPS) is 14.8. The summed E-state index contributed by atoms with van der Waals surface area (Å²) in [5.74, 6) is -0.738. The predicted molar refractivity (Wildman–Crippen MR) is 104 cm³/mol. The summed E-state index contributed by atoms with van der Waals surface area (Å²) < 4.78 is 27.8. The Morgan fingerprint density at radius 3 is 2.43 bits per heavy atom. The first kappa shape index (κ1) is 20.0. The van der Waals surface area contributed by atoms with E-state index in [1.54, 1.807) is 24.3 Å². The molecule has 148 valence electrons. The van der Waals surface area contributed by atoms with Crippen molar-refractivity contribution in [3.63, 3.8) is 0 Å². The molecule has 0 atom stereocenters. The number of Topliss-reactive ketones (excluding diaryl/α,β-unsaturated/α-hetero) is 1. The van der Waals surface area contributed by atoms with Gasteiger partial charge in [0.2, 0.25) is 15.9 Å². The molecule has 1 saturated heterocycles. The smallest absolute Gasteiger partial charge is 0.251 e. The maximum atomic E-state index is 12.7. The van der Waals surface area contributed by atoms with E-state index in [0.717, 1.165) is 23.5 Å². The molecule has 1 amide bonds. The molecular formula is C19H21N3O5S. The van der Waals surface area contributed by atoms with Gasteiger partial charge in [-0.2, -0.15) is 4.31 Å². The Morgan fingerprint density at radius 2 is 1.75 bits per heavy atom. The number of anilines is 1. The lowest BCUT2D eigenvalue weighted by atomic mass is 10.1. The third-order valence-corrected chi connectivity index (χ3v) is 6.44. The van der Waals surface area contributed by atoms with E-state index in [-0.39, 0.29) is 17.2 Å². The largest absolute Gasteiger partial charge is 0.324 e. The van der Waals surface area contributed by atoms with Gasteiger partial charge in [-0.05, 0) is 38.0 Å². The van der Waals surface area contributed by atoms with Crippen LogP contribution in [0.5, 0.6) is 0 Å². The fourth-order valence-electron chi connectivity index (χ4n) is 3.11. The Morgan fingerprint density at radius 1 is 1.07 bits per heavy atom. The fraction of sp³-hybridized carbons (Fsp3) is 0.316. The van der Waals surface area contributed by atoms with Crippen molar-refractivity contribution in [2.24, 2.45) is 0 Å². The molecule has 0 unspecified atom stereocenters. The summed E-state index contributed by atoms with van der Waals surface area (Å²) in [5.41, 5.74) is 0.206. The number of aromatic nitrogens is 1. The minimum Gasteiger partial charge on any atom is -0.324 e. The van der Waals surface area contributed by atoms with E-state index in [1.807, 2.05) is 0 Å². The number of nitrogens with zero attached hydrogens (tertiary/aromatic N) is 2. The van der Waals surface area contributed by atoms with E-state index < -0.39 is 21.5 Å². The molecule has 9 heteroatoms. The van der Waals surface area contributed by atoms with Crippen LogP contribution in [0.2, 0.25) is 0 Å². The van der Waals surface area contributed by atoms with Gasteiger partial charge in [0.1, 0.15) is 6.54 Å². The summed E-state index contributed by atoms with van der Waals surface area (Å²) in [4.78, 5) is 36.1. The van der Waals surface area contributed by atoms with Crippen molar-refractivity contribution in [1.29, 1.82) is 0 Å². The van der Waals surface area contributed by atoms with E-state index in [0.29, 0.717) is 24.3 Å². The highest BCUT2D eigenvalue weighted by atomic mass is 32.2. The minimum atomic E-state index is -3.69. The number of carbonyl (C=O) groups excluding carboxylic acids is 2. The molecule has 1 aromatic heterocycles. The van der Waals surface area contributed by atoms with Crippen LogP contribution in [0.4, 0.5) is 5.69 Å². The van der Waals surface area contributed by atoms with Gasteiger partial charge in [0, 0.05) is 30.9 Å². The van der Waals surface area contributed by atoms with Crippen LogP contribution >= 0.6 is 0 Å². The quantitative estimate of drug-likeness (QED) is 0.736. The van der Waals surface area contributed by atoms with Gasteiger partial charge in [0.05, 0.1) is 10.6 Å². The zero-order valence-corrected chi connectivity index (χ0v) is 16.2. The number of ketones is 1. The van der Waals surface area contributed by atoms with Gasteiger partial charge in [0.25, 0.3) is 5.56 Å². The summed E-state index contributed by atoms with van der Waals surface area (Å²) in [5, 5.41) is 2.60. The van der Waals surface area contributed by atoms with Gasteiger partial charge in [-0.1, -0.05) is 12.1 Å². The zero-order valence-electron chi connectivity index (χ0n) is 15.4. The number of amides is 1. The van der Waals surface area contributed by atoms with Crippen LogP contribution in [0.25, 0.3) is 0 Å². The number of nitrogens with one attached hydrogen (secondary N) is 1. The van der Waals surface area contributed by atoms with Gasteiger partial charge in [0.15, 0.2) is 5.78 Å². The van der Waals surface area contributed by atoms with Gasteiger partial charge in [-0.25, -0.2) is 8.42 Å². The summed E-state index contributed by atoms with van der Waals surface area (Å²) in [6, 6.07) is 8.94. The second kappa shape index (κ2) is 8.07. The molecule has 0 spiro atoms. The molecule has 0 radical (unpaired) electrons. The Hall–Kier alpha value is -2.78. The maximum absolute atomic E-state index is 12.7. The van der Waals surface area contributed by atoms with Crippen molar-refractivity contribution in [3.05, 3.63) is 58.5 Å². The van der Waals surface area contributed by atoms with Crippen LogP contribution < -0.4 is 10.9 Å². The number of para-hydroxylation sites is 1. The van der Waals surface area contributed by atoms with Crippen molar-refractivity contribution < 1.29 is 18.0 Å². The highest BCUT2D eigenvalue weighted by Gasteiger charge is 2.27. The van der Waals surface area contributed by atoms with Crippen LogP contribution in [-0.4, -0.2) is 42.1 Å². The van der Waals surface area contributed by atoms with Crippen LogP contribution in [0.1, 0.15) is 30.1 Å². The summed E-state index contributed by atoms with van der Waals surface area (Å²) in [7, 11) is -3.69. The van der Waals surface area contributed by atoms with Crippen molar-refractivity contribution in [2.45, 2.75) is 31.2 Å². The lowest BCUT2D eigenvalue weighted by Gasteiger charge is -2.16. The number of pyridine rings is 1. The molecule has 28 heavy (non-hydrogen) atoms. The summed E-state index contributed by atoms with van der Waals surface area (Å²) >= 11 is 0. The zero-order chi connectivity index (χ0) is 20.3. The molecule has 3 rings (SSSR count). The minimum absolute atomic E-state index is 0.0223. The van der Waals surface area contributed by atoms with Crippen molar-refractivity contribution in [2.75, 3.05) is 18.4 Å². The van der Waals surface area contributed by atoms with E-state index >= 15 is 0 Å². The van der Waals surface area contributed by atoms with Crippen molar-refractivity contribution in [1.82, 2.24) is 8.87 Å². The number of sulfonamides is 1. The second-order valence-electron chi connectivity index (χ2n) is 6.59. The number of carbonyl (C=O) groups is 2. The summed E-state index contributed by atoms with van der Waals surface area (Å²) in [6.45, 7) is 1.92. The second-order valence-corrected chi connectivity index (χ2v) is 8.53. The number of rotatable bonds is 6. The Bertz CT molecular complexity index is 1070. The van der Waals surface area contributed by atoms with Gasteiger partial charge >= 0.3 is 0 Å². The first-order valence-electron chi connectivity index (χ1n) is 8.89. The van der Waals surface area contributed by atoms with E-state index in [2.05, 4.69) is 5.32 Å². The monoisotopic (exact) mass is 403 g/mol. The third-order valence-electron chi connectivity index (χ3n) is 4.55. The number of hydrogen-bond acceptors (Lipinski definition) is 5. The van der Waals surface area contributed by atoms with Crippen molar-refractivity contribution in [3.8, 4) is 0 Å². The van der Waals surface area contributed by atoms with E-state index in [4.69, 9.17) is 0 Å². The topological polar surface area (TPSA) is 106 Å². The van der Waals surface area contributed by atoms with Crippen LogP contribution in [0, 0.1) is 0 Å². The van der Waals surface area contributed by atoms with Crippen LogP contribution in [0.3, 0.4) is 0 Å². The lowest BCUT2D eigenvalue weighted by molar-refractivity contribution is -0.116. The van der Waals surface area contributed by atoms with Crippen molar-refractivity contribution >= 4 is 27.4 Å². The number of hydrogen-bond donors (Lipinski definition) is 1. The summed E-state index contributed by atoms with van der Waals surface area (Å²) in [6.07, 6.45) is 2.79. The Labute approximate surface area is 162 Å². The van der Waals surface area contributed by atoms with Gasteiger partial charge < -0.3 is 9.88 Å². The fourth-order valence-corrected chi connectivity index (χ4v) is 4.64. The molecule has 1 aromatic carbocycles. The molecule has 1 aliphatic heterocycles. The van der Waals surface area contributed by atoms with Gasteiger partial charge in [-0.15, -0.1) is 0 Å². The predicted octanol–water partition coefficient (Wildman–Crippen LogP) is 1.47. The molecule has 1 aliphatic rings. The lowest BCUT2D eigenvalue weighted by Crippen LogP contribution is -2.31. The molecule has 1 fully saturated rings. The SMILES string of the molecule is CC(=O)c1ccccc1NC(=O)Cn1cc(S(=O)(=O)N2CCCC2)ccc1=O. The van der Waals surface area contributed by atoms with E-state index in [9.17, 15) is 22.8 Å². The van der Waals surface area contributed by atoms with E-state index in [1.165, 1.54) is 23.5 Å². The highest BCUT2D eigenvalue weighted by Crippen LogP contribution is 2.20. The molecule has 0 saturated carbocycles. The molecule has 0 aliphatic carbocycles. The Kier molecular flexibility index (Phi) is 5.76. The number of benzene rings is 1. The molecule has 2 aromatic rings. The molecule has 0 bridgehead atoms. The highest BCUT2D eigenvalue weighted by molar-refractivity contribution is 7.89. The van der Waals surface area contributed by atoms with Crippen LogP contribution in [-0.2, 0) is 21.4 Å². The average molecular weight is 403 g/mol. The molecular weight excluding hydrogens is 382 g/mol. The third kappa shape index (κ3) is 4.20. The first-order chi connectivity index (χ1) is 13.3. The first-order valence-corrected chi connectivity index (χ1v) is 10.3. The maximum Gasteiger partial charge on any atom is 0.251 e. The standard InChI is InChI=1S/C19H21N3O5S/c1-14(23)16-6-2-3-7-17(16)20-18(24)13-21-12-15(8-9-19(21)25)28(26,27)22-10-4-5-11-22/h2-3,6-9,12H,4-5,10-11,13H2,1H3,(H,20,24). The van der Waals surface area contributed by atoms with Crippen LogP contribution in [0.15, 0.2) is 52.3 Å². The molecule has 1 N–H and O–H groups in total. The Balaban J connectivity index is 1.82. The molecule has 2 heterocycles.